The van der Waals surface area contributed by atoms with Crippen LogP contribution < -0.4 is 4.74 Å². The van der Waals surface area contributed by atoms with E-state index in [0.717, 1.165) is 12.2 Å². The number of piperazine rings is 1. The second kappa shape index (κ2) is 7.22. The van der Waals surface area contributed by atoms with Crippen LogP contribution in [0.25, 0.3) is 0 Å². The van der Waals surface area contributed by atoms with Crippen molar-refractivity contribution in [2.75, 3.05) is 32.8 Å². The average molecular weight is 390 g/mol. The molecule has 0 amide bonds. The van der Waals surface area contributed by atoms with Gasteiger partial charge < -0.3 is 4.74 Å². The lowest BCUT2D eigenvalue weighted by atomic mass is 9.98. The lowest BCUT2D eigenvalue weighted by molar-refractivity contribution is 0.103. The van der Waals surface area contributed by atoms with E-state index in [1.165, 1.54) is 28.1 Å². The highest BCUT2D eigenvalue weighted by atomic mass is 32.2. The molecule has 2 aliphatic rings. The summed E-state index contributed by atoms with van der Waals surface area (Å²) in [5.41, 5.74) is 1.52. The Labute approximate surface area is 159 Å². The number of hydrogen-bond acceptors (Lipinski definition) is 4. The molecule has 1 unspecified atom stereocenters. The van der Waals surface area contributed by atoms with Gasteiger partial charge in [0, 0.05) is 44.2 Å². The molecule has 0 radical (unpaired) electrons. The Balaban J connectivity index is 1.48. The van der Waals surface area contributed by atoms with Gasteiger partial charge in [-0.1, -0.05) is 18.2 Å². The van der Waals surface area contributed by atoms with Crippen molar-refractivity contribution in [3.8, 4) is 5.75 Å². The molecular weight excluding hydrogens is 367 g/mol. The van der Waals surface area contributed by atoms with E-state index in [4.69, 9.17) is 4.74 Å². The number of sulfonamides is 1. The topological polar surface area (TPSA) is 49.9 Å². The molecule has 5 nitrogen and oxygen atoms in total. The second-order valence-corrected chi connectivity index (χ2v) is 8.98. The molecular formula is C20H23FN2O3S. The summed E-state index contributed by atoms with van der Waals surface area (Å²) in [4.78, 5) is 2.50. The molecule has 0 saturated carbocycles. The van der Waals surface area contributed by atoms with E-state index in [9.17, 15) is 12.8 Å². The van der Waals surface area contributed by atoms with Crippen molar-refractivity contribution in [3.63, 3.8) is 0 Å². The molecule has 144 valence electrons. The van der Waals surface area contributed by atoms with Gasteiger partial charge in [0.15, 0.2) is 0 Å². The third kappa shape index (κ3) is 3.47. The first-order valence-electron chi connectivity index (χ1n) is 9.19. The first-order chi connectivity index (χ1) is 13.0. The van der Waals surface area contributed by atoms with Gasteiger partial charge in [-0.05, 0) is 36.8 Å². The van der Waals surface area contributed by atoms with Crippen LogP contribution in [0.3, 0.4) is 0 Å². The summed E-state index contributed by atoms with van der Waals surface area (Å²) in [6, 6.07) is 12.3. The van der Waals surface area contributed by atoms with Crippen molar-refractivity contribution >= 4 is 10.0 Å². The van der Waals surface area contributed by atoms with E-state index in [2.05, 4.69) is 11.0 Å². The quantitative estimate of drug-likeness (QED) is 0.809. The zero-order valence-corrected chi connectivity index (χ0v) is 16.1. The standard InChI is InChI=1S/C20H23FN2O3S/c1-15-14-16(6-7-18(15)21)27(24,25)23-11-9-22(10-12-23)19-8-13-26-20-5-3-2-4-17(19)20/h2-7,14,19H,8-13H2,1H3. The summed E-state index contributed by atoms with van der Waals surface area (Å²) < 4.78 is 46.5. The molecule has 1 fully saturated rings. The number of aryl methyl sites for hydroxylation is 1. The van der Waals surface area contributed by atoms with Gasteiger partial charge in [-0.3, -0.25) is 4.90 Å². The number of para-hydroxylation sites is 1. The fraction of sp³-hybridized carbons (Fsp3) is 0.400. The molecule has 0 aromatic heterocycles. The maximum Gasteiger partial charge on any atom is 0.243 e. The monoisotopic (exact) mass is 390 g/mol. The van der Waals surface area contributed by atoms with Gasteiger partial charge in [-0.15, -0.1) is 0 Å². The highest BCUT2D eigenvalue weighted by Crippen LogP contribution is 2.36. The summed E-state index contributed by atoms with van der Waals surface area (Å²) in [5.74, 6) is 0.530. The van der Waals surface area contributed by atoms with E-state index in [1.807, 2.05) is 18.2 Å². The van der Waals surface area contributed by atoms with Crippen molar-refractivity contribution in [2.24, 2.45) is 0 Å². The Morgan fingerprint density at radius 3 is 2.56 bits per heavy atom. The number of benzene rings is 2. The number of nitrogens with zero attached hydrogens (tertiary/aromatic N) is 2. The fourth-order valence-electron chi connectivity index (χ4n) is 3.88. The number of rotatable bonds is 3. The summed E-state index contributed by atoms with van der Waals surface area (Å²) >= 11 is 0. The van der Waals surface area contributed by atoms with Gasteiger partial charge in [0.1, 0.15) is 11.6 Å². The molecule has 27 heavy (non-hydrogen) atoms. The third-order valence-corrected chi connectivity index (χ3v) is 7.30. The Hall–Kier alpha value is -1.96. The van der Waals surface area contributed by atoms with Crippen LogP contribution >= 0.6 is 0 Å². The zero-order valence-electron chi connectivity index (χ0n) is 15.3. The minimum absolute atomic E-state index is 0.159. The van der Waals surface area contributed by atoms with Crippen LogP contribution in [-0.2, 0) is 10.0 Å². The van der Waals surface area contributed by atoms with Crippen LogP contribution in [0, 0.1) is 12.7 Å². The van der Waals surface area contributed by atoms with Gasteiger partial charge in [-0.2, -0.15) is 4.31 Å². The lowest BCUT2D eigenvalue weighted by Crippen LogP contribution is -2.50. The summed E-state index contributed by atoms with van der Waals surface area (Å²) in [7, 11) is -3.60. The van der Waals surface area contributed by atoms with E-state index in [1.54, 1.807) is 6.92 Å². The number of hydrogen-bond donors (Lipinski definition) is 0. The Kier molecular flexibility index (Phi) is 4.92. The molecule has 2 aliphatic heterocycles. The van der Waals surface area contributed by atoms with E-state index < -0.39 is 15.8 Å². The van der Waals surface area contributed by atoms with Crippen molar-refractivity contribution in [1.29, 1.82) is 0 Å². The Bertz CT molecular complexity index is 940. The maximum absolute atomic E-state index is 13.5. The fourth-order valence-corrected chi connectivity index (χ4v) is 5.39. The van der Waals surface area contributed by atoms with Crippen LogP contribution in [0.1, 0.15) is 23.6 Å². The first kappa shape index (κ1) is 18.4. The number of fused-ring (bicyclic) bond motifs is 1. The highest BCUT2D eigenvalue weighted by molar-refractivity contribution is 7.89. The lowest BCUT2D eigenvalue weighted by Gasteiger charge is -2.40. The average Bonchev–Trinajstić information content (AvgIpc) is 2.69. The molecule has 1 saturated heterocycles. The Morgan fingerprint density at radius 1 is 1.07 bits per heavy atom. The predicted octanol–water partition coefficient (Wildman–Crippen LogP) is 2.96. The van der Waals surface area contributed by atoms with Gasteiger partial charge in [-0.25, -0.2) is 12.8 Å². The summed E-state index contributed by atoms with van der Waals surface area (Å²) in [5, 5.41) is 0. The van der Waals surface area contributed by atoms with Crippen molar-refractivity contribution in [2.45, 2.75) is 24.3 Å². The molecule has 0 bridgehead atoms. The molecule has 2 aromatic rings. The normalized spacial score (nSPS) is 21.5. The number of halogens is 1. The van der Waals surface area contributed by atoms with E-state index in [0.29, 0.717) is 38.3 Å². The molecule has 1 atom stereocenters. The molecule has 4 rings (SSSR count). The van der Waals surface area contributed by atoms with Gasteiger partial charge in [0.2, 0.25) is 10.0 Å². The molecule has 7 heteroatoms. The smallest absolute Gasteiger partial charge is 0.243 e. The number of ether oxygens (including phenoxy) is 1. The Morgan fingerprint density at radius 2 is 1.81 bits per heavy atom. The molecule has 0 spiro atoms. The van der Waals surface area contributed by atoms with Crippen LogP contribution in [0.5, 0.6) is 5.75 Å². The largest absolute Gasteiger partial charge is 0.493 e. The van der Waals surface area contributed by atoms with Crippen molar-refractivity contribution in [1.82, 2.24) is 9.21 Å². The summed E-state index contributed by atoms with van der Waals surface area (Å²) in [6.07, 6.45) is 0.904. The second-order valence-electron chi connectivity index (χ2n) is 7.04. The minimum atomic E-state index is -3.60. The third-order valence-electron chi connectivity index (χ3n) is 5.41. The maximum atomic E-state index is 13.5. The van der Waals surface area contributed by atoms with E-state index in [-0.39, 0.29) is 10.9 Å². The van der Waals surface area contributed by atoms with E-state index >= 15 is 0 Å². The highest BCUT2D eigenvalue weighted by Gasteiger charge is 2.33. The summed E-state index contributed by atoms with van der Waals surface area (Å²) in [6.45, 7) is 4.44. The molecule has 0 N–H and O–H groups in total. The van der Waals surface area contributed by atoms with Gasteiger partial charge >= 0.3 is 0 Å². The minimum Gasteiger partial charge on any atom is -0.493 e. The SMILES string of the molecule is Cc1cc(S(=O)(=O)N2CCN(C3CCOc4ccccc43)CC2)ccc1F. The van der Waals surface area contributed by atoms with Gasteiger partial charge in [0.05, 0.1) is 11.5 Å². The van der Waals surface area contributed by atoms with Crippen molar-refractivity contribution < 1.29 is 17.5 Å². The molecule has 0 aliphatic carbocycles. The van der Waals surface area contributed by atoms with Crippen molar-refractivity contribution in [3.05, 3.63) is 59.4 Å². The first-order valence-corrected chi connectivity index (χ1v) is 10.6. The van der Waals surface area contributed by atoms with Crippen LogP contribution in [0.15, 0.2) is 47.4 Å². The predicted molar refractivity (Wildman–Crippen MR) is 101 cm³/mol. The van der Waals surface area contributed by atoms with Crippen LogP contribution in [0.2, 0.25) is 0 Å². The van der Waals surface area contributed by atoms with Gasteiger partial charge in [0.25, 0.3) is 0 Å². The zero-order chi connectivity index (χ0) is 19.0. The molecule has 2 aromatic carbocycles. The molecule has 2 heterocycles. The van der Waals surface area contributed by atoms with Crippen LogP contribution in [0.4, 0.5) is 4.39 Å². The van der Waals surface area contributed by atoms with Crippen LogP contribution in [-0.4, -0.2) is 50.4 Å².